The Hall–Kier alpha value is -0.570. The Morgan fingerprint density at radius 1 is 1.57 bits per heavy atom. The molecule has 1 atom stereocenters. The number of carbonyl (C=O) groups excluding carboxylic acids is 1. The fourth-order valence-corrected chi connectivity index (χ4v) is 2.33. The summed E-state index contributed by atoms with van der Waals surface area (Å²) in [5.41, 5.74) is 0.444. The summed E-state index contributed by atoms with van der Waals surface area (Å²) in [6.07, 6.45) is 4.28. The van der Waals surface area contributed by atoms with Crippen molar-refractivity contribution in [1.29, 1.82) is 0 Å². The van der Waals surface area contributed by atoms with Crippen molar-refractivity contribution >= 4 is 5.91 Å². The van der Waals surface area contributed by atoms with Crippen molar-refractivity contribution < 1.29 is 9.90 Å². The molecule has 3 nitrogen and oxygen atoms in total. The number of carbonyl (C=O) groups is 1. The van der Waals surface area contributed by atoms with Crippen LogP contribution in [-0.4, -0.2) is 35.6 Å². The molecule has 0 aromatic heterocycles. The number of aliphatic hydroxyl groups is 1. The van der Waals surface area contributed by atoms with Crippen LogP contribution in [0.15, 0.2) is 0 Å². The minimum atomic E-state index is 0.154. The third kappa shape index (κ3) is 1.78. The van der Waals surface area contributed by atoms with Crippen LogP contribution in [0.3, 0.4) is 0 Å². The Kier molecular flexibility index (Phi) is 2.52. The zero-order valence-corrected chi connectivity index (χ0v) is 8.83. The van der Waals surface area contributed by atoms with E-state index in [1.54, 1.807) is 0 Å². The van der Waals surface area contributed by atoms with Crippen LogP contribution in [0.4, 0.5) is 0 Å². The zero-order valence-electron chi connectivity index (χ0n) is 8.83. The van der Waals surface area contributed by atoms with Crippen LogP contribution in [0.25, 0.3) is 0 Å². The van der Waals surface area contributed by atoms with E-state index in [1.807, 2.05) is 4.90 Å². The number of aliphatic hydroxyl groups excluding tert-OH is 1. The maximum atomic E-state index is 11.6. The number of likely N-dealkylation sites (tertiary alicyclic amines) is 1. The first kappa shape index (κ1) is 9.97. The van der Waals surface area contributed by atoms with E-state index in [0.29, 0.717) is 11.8 Å². The first-order chi connectivity index (χ1) is 6.69. The molecule has 0 radical (unpaired) electrons. The summed E-state index contributed by atoms with van der Waals surface area (Å²) >= 11 is 0. The van der Waals surface area contributed by atoms with E-state index in [4.69, 9.17) is 5.11 Å². The van der Waals surface area contributed by atoms with Crippen molar-refractivity contribution in [1.82, 2.24) is 4.90 Å². The summed E-state index contributed by atoms with van der Waals surface area (Å²) in [6.45, 7) is 4.06. The van der Waals surface area contributed by atoms with Crippen LogP contribution in [0.5, 0.6) is 0 Å². The van der Waals surface area contributed by atoms with Gasteiger partial charge in [-0.15, -0.1) is 0 Å². The van der Waals surface area contributed by atoms with Crippen molar-refractivity contribution in [3.63, 3.8) is 0 Å². The summed E-state index contributed by atoms with van der Waals surface area (Å²) in [6, 6.07) is 0. The van der Waals surface area contributed by atoms with E-state index in [9.17, 15) is 4.79 Å². The molecule has 1 unspecified atom stereocenters. The molecule has 1 saturated carbocycles. The largest absolute Gasteiger partial charge is 0.396 e. The highest BCUT2D eigenvalue weighted by Gasteiger charge is 2.44. The van der Waals surface area contributed by atoms with Crippen LogP contribution >= 0.6 is 0 Å². The minimum Gasteiger partial charge on any atom is -0.396 e. The van der Waals surface area contributed by atoms with Crippen molar-refractivity contribution in [3.8, 4) is 0 Å². The topological polar surface area (TPSA) is 40.5 Å². The molecule has 14 heavy (non-hydrogen) atoms. The van der Waals surface area contributed by atoms with Crippen molar-refractivity contribution in [3.05, 3.63) is 0 Å². The summed E-state index contributed by atoms with van der Waals surface area (Å²) in [7, 11) is 0. The lowest BCUT2D eigenvalue weighted by molar-refractivity contribution is -0.128. The van der Waals surface area contributed by atoms with Crippen molar-refractivity contribution in [2.24, 2.45) is 11.3 Å². The molecule has 1 heterocycles. The van der Waals surface area contributed by atoms with Gasteiger partial charge in [0.15, 0.2) is 0 Å². The quantitative estimate of drug-likeness (QED) is 0.731. The van der Waals surface area contributed by atoms with Crippen LogP contribution in [-0.2, 0) is 4.79 Å². The second kappa shape index (κ2) is 3.54. The normalized spacial score (nSPS) is 29.7. The molecule has 1 amide bonds. The molecular formula is C11H19NO2. The van der Waals surface area contributed by atoms with Gasteiger partial charge >= 0.3 is 0 Å². The molecule has 2 aliphatic rings. The third-order valence-electron chi connectivity index (χ3n) is 3.79. The molecule has 1 aliphatic carbocycles. The van der Waals surface area contributed by atoms with Crippen LogP contribution in [0.2, 0.25) is 0 Å². The Morgan fingerprint density at radius 3 is 2.71 bits per heavy atom. The van der Waals surface area contributed by atoms with Gasteiger partial charge in [-0.1, -0.05) is 6.92 Å². The molecule has 3 heteroatoms. The van der Waals surface area contributed by atoms with Crippen molar-refractivity contribution in [2.75, 3.05) is 19.7 Å². The Labute approximate surface area is 85.1 Å². The predicted molar refractivity (Wildman–Crippen MR) is 53.7 cm³/mol. The van der Waals surface area contributed by atoms with E-state index in [2.05, 4.69) is 6.92 Å². The van der Waals surface area contributed by atoms with Gasteiger partial charge in [-0.2, -0.15) is 0 Å². The lowest BCUT2D eigenvalue weighted by Crippen LogP contribution is -2.31. The number of hydrogen-bond acceptors (Lipinski definition) is 2. The van der Waals surface area contributed by atoms with Gasteiger partial charge < -0.3 is 10.0 Å². The Morgan fingerprint density at radius 2 is 2.29 bits per heavy atom. The van der Waals surface area contributed by atoms with Gasteiger partial charge in [0, 0.05) is 32.0 Å². The van der Waals surface area contributed by atoms with Gasteiger partial charge in [0.1, 0.15) is 0 Å². The molecule has 1 N–H and O–H groups in total. The number of rotatable bonds is 4. The molecule has 0 spiro atoms. The molecule has 0 bridgehead atoms. The van der Waals surface area contributed by atoms with E-state index in [-0.39, 0.29) is 18.4 Å². The molecule has 0 aromatic carbocycles. The van der Waals surface area contributed by atoms with Crippen molar-refractivity contribution in [2.45, 2.75) is 32.6 Å². The first-order valence-electron chi connectivity index (χ1n) is 5.58. The summed E-state index contributed by atoms with van der Waals surface area (Å²) in [5.74, 6) is 0.430. The highest BCUT2D eigenvalue weighted by atomic mass is 16.3. The maximum absolute atomic E-state index is 11.6. The zero-order chi connectivity index (χ0) is 10.2. The minimum absolute atomic E-state index is 0.154. The average Bonchev–Trinajstić information content (AvgIpc) is 2.87. The highest BCUT2D eigenvalue weighted by molar-refractivity contribution is 5.78. The molecule has 1 saturated heterocycles. The monoisotopic (exact) mass is 197 g/mol. The fourth-order valence-electron chi connectivity index (χ4n) is 2.33. The van der Waals surface area contributed by atoms with Gasteiger partial charge in [0.05, 0.1) is 0 Å². The van der Waals surface area contributed by atoms with Gasteiger partial charge in [-0.05, 0) is 24.7 Å². The molecule has 2 rings (SSSR count). The van der Waals surface area contributed by atoms with Gasteiger partial charge in [0.2, 0.25) is 5.91 Å². The van der Waals surface area contributed by atoms with Crippen LogP contribution < -0.4 is 0 Å². The Balaban J connectivity index is 1.89. The molecule has 80 valence electrons. The molecule has 1 aliphatic heterocycles. The first-order valence-corrected chi connectivity index (χ1v) is 5.58. The lowest BCUT2D eigenvalue weighted by Gasteiger charge is -2.22. The van der Waals surface area contributed by atoms with Crippen LogP contribution in [0, 0.1) is 11.3 Å². The lowest BCUT2D eigenvalue weighted by atomic mass is 10.0. The Bertz CT molecular complexity index is 235. The fraction of sp³-hybridized carbons (Fsp3) is 0.909. The van der Waals surface area contributed by atoms with E-state index < -0.39 is 0 Å². The van der Waals surface area contributed by atoms with E-state index in [1.165, 1.54) is 19.3 Å². The summed E-state index contributed by atoms with van der Waals surface area (Å²) in [4.78, 5) is 13.5. The number of hydrogen-bond donors (Lipinski definition) is 1. The molecule has 0 aromatic rings. The number of nitrogens with zero attached hydrogens (tertiary/aromatic N) is 1. The second-order valence-corrected chi connectivity index (χ2v) is 4.88. The standard InChI is InChI=1S/C11H19NO2/c1-2-11(3-4-11)8-12-6-9(7-13)5-10(12)14/h9,13H,2-8H2,1H3. The summed E-state index contributed by atoms with van der Waals surface area (Å²) in [5, 5.41) is 8.99. The molecular weight excluding hydrogens is 178 g/mol. The van der Waals surface area contributed by atoms with Gasteiger partial charge in [0.25, 0.3) is 0 Å². The number of amides is 1. The molecule has 2 fully saturated rings. The van der Waals surface area contributed by atoms with E-state index >= 15 is 0 Å². The predicted octanol–water partition coefficient (Wildman–Crippen LogP) is 1.02. The highest BCUT2D eigenvalue weighted by Crippen LogP contribution is 2.49. The average molecular weight is 197 g/mol. The SMILES string of the molecule is CCC1(CN2CC(CO)CC2=O)CC1. The maximum Gasteiger partial charge on any atom is 0.223 e. The van der Waals surface area contributed by atoms with Gasteiger partial charge in [-0.25, -0.2) is 0 Å². The summed E-state index contributed by atoms with van der Waals surface area (Å²) < 4.78 is 0. The van der Waals surface area contributed by atoms with Crippen LogP contribution in [0.1, 0.15) is 32.6 Å². The van der Waals surface area contributed by atoms with Gasteiger partial charge in [-0.3, -0.25) is 4.79 Å². The van der Waals surface area contributed by atoms with E-state index in [0.717, 1.165) is 13.1 Å². The smallest absolute Gasteiger partial charge is 0.223 e. The second-order valence-electron chi connectivity index (χ2n) is 4.88. The third-order valence-corrected chi connectivity index (χ3v) is 3.79.